The van der Waals surface area contributed by atoms with Crippen molar-refractivity contribution in [2.45, 2.75) is 12.8 Å². The minimum atomic E-state index is 0.774. The fraction of sp³-hybridized carbons (Fsp3) is 1.00. The summed E-state index contributed by atoms with van der Waals surface area (Å²) in [4.78, 5) is 2.38. The third kappa shape index (κ3) is 2.72. The quantitative estimate of drug-likeness (QED) is 0.696. The van der Waals surface area contributed by atoms with Crippen LogP contribution in [-0.4, -0.2) is 31.6 Å². The van der Waals surface area contributed by atoms with E-state index in [1.165, 1.54) is 25.9 Å². The van der Waals surface area contributed by atoms with Crippen LogP contribution in [0, 0.1) is 5.92 Å². The Hall–Kier alpha value is 0.650. The van der Waals surface area contributed by atoms with E-state index in [-0.39, 0.29) is 0 Å². The number of likely N-dealkylation sites (tertiary alicyclic amines) is 1. The molecule has 3 heteroatoms. The SMILES string of the molecule is CN1CCCC(COI)C1. The first kappa shape index (κ1) is 8.74. The Bertz CT molecular complexity index is 97.6. The lowest BCUT2D eigenvalue weighted by Crippen LogP contribution is -2.33. The largest absolute Gasteiger partial charge is 0.315 e. The summed E-state index contributed by atoms with van der Waals surface area (Å²) in [6.07, 6.45) is 2.68. The first-order valence-electron chi connectivity index (χ1n) is 3.75. The molecule has 1 heterocycles. The zero-order valence-corrected chi connectivity index (χ0v) is 8.50. The van der Waals surface area contributed by atoms with Crippen molar-refractivity contribution in [3.05, 3.63) is 0 Å². The summed E-state index contributed by atoms with van der Waals surface area (Å²) in [6, 6.07) is 0. The van der Waals surface area contributed by atoms with Gasteiger partial charge in [0.2, 0.25) is 0 Å². The predicted molar refractivity (Wildman–Crippen MR) is 50.2 cm³/mol. The second-order valence-corrected chi connectivity index (χ2v) is 3.67. The Labute approximate surface area is 76.6 Å². The molecule has 0 bridgehead atoms. The van der Waals surface area contributed by atoms with E-state index in [0.717, 1.165) is 12.5 Å². The molecule has 0 amide bonds. The van der Waals surface area contributed by atoms with Crippen LogP contribution in [0.25, 0.3) is 0 Å². The molecule has 60 valence electrons. The third-order valence-electron chi connectivity index (χ3n) is 2.02. The maximum absolute atomic E-state index is 5.07. The summed E-state index contributed by atoms with van der Waals surface area (Å²) in [5.41, 5.74) is 0. The van der Waals surface area contributed by atoms with Crippen LogP contribution in [0.1, 0.15) is 12.8 Å². The van der Waals surface area contributed by atoms with Crippen LogP contribution in [0.2, 0.25) is 0 Å². The number of halogens is 1. The summed E-state index contributed by atoms with van der Waals surface area (Å²) < 4.78 is 5.07. The maximum atomic E-state index is 5.07. The summed E-state index contributed by atoms with van der Waals surface area (Å²) >= 11 is 1.98. The summed E-state index contributed by atoms with van der Waals surface area (Å²) in [7, 11) is 2.18. The van der Waals surface area contributed by atoms with Crippen LogP contribution in [-0.2, 0) is 3.07 Å². The van der Waals surface area contributed by atoms with Crippen LogP contribution in [0.4, 0.5) is 0 Å². The molecule has 0 aromatic heterocycles. The van der Waals surface area contributed by atoms with Gasteiger partial charge >= 0.3 is 0 Å². The number of hydrogen-bond donors (Lipinski definition) is 0. The van der Waals surface area contributed by atoms with E-state index < -0.39 is 0 Å². The first-order chi connectivity index (χ1) is 4.83. The zero-order valence-electron chi connectivity index (χ0n) is 6.35. The Kier molecular flexibility index (Phi) is 3.95. The van der Waals surface area contributed by atoms with Gasteiger partial charge in [-0.1, -0.05) is 0 Å². The lowest BCUT2D eigenvalue weighted by atomic mass is 10.00. The van der Waals surface area contributed by atoms with Gasteiger partial charge < -0.3 is 7.97 Å². The van der Waals surface area contributed by atoms with E-state index in [9.17, 15) is 0 Å². The minimum Gasteiger partial charge on any atom is -0.315 e. The van der Waals surface area contributed by atoms with Crippen molar-refractivity contribution >= 4 is 23.0 Å². The highest BCUT2D eigenvalue weighted by molar-refractivity contribution is 14.1. The number of nitrogens with zero attached hydrogens (tertiary/aromatic N) is 1. The molecule has 10 heavy (non-hydrogen) atoms. The van der Waals surface area contributed by atoms with Gasteiger partial charge in [0.15, 0.2) is 0 Å². The van der Waals surface area contributed by atoms with Crippen molar-refractivity contribution in [3.63, 3.8) is 0 Å². The summed E-state index contributed by atoms with van der Waals surface area (Å²) in [5, 5.41) is 0. The molecular formula is C7H14INO. The molecule has 1 rings (SSSR count). The Morgan fingerprint density at radius 3 is 3.10 bits per heavy atom. The van der Waals surface area contributed by atoms with Gasteiger partial charge in [0.25, 0.3) is 0 Å². The zero-order chi connectivity index (χ0) is 7.40. The topological polar surface area (TPSA) is 12.5 Å². The second kappa shape index (κ2) is 4.51. The fourth-order valence-corrected chi connectivity index (χ4v) is 2.01. The monoisotopic (exact) mass is 255 g/mol. The normalized spacial score (nSPS) is 28.8. The third-order valence-corrected chi connectivity index (χ3v) is 2.38. The van der Waals surface area contributed by atoms with Gasteiger partial charge in [0, 0.05) is 6.54 Å². The van der Waals surface area contributed by atoms with E-state index in [1.807, 2.05) is 23.0 Å². The fourth-order valence-electron chi connectivity index (χ4n) is 1.50. The van der Waals surface area contributed by atoms with Crippen molar-refractivity contribution < 1.29 is 3.07 Å². The molecule has 1 aliphatic rings. The van der Waals surface area contributed by atoms with Crippen molar-refractivity contribution in [3.8, 4) is 0 Å². The van der Waals surface area contributed by atoms with Crippen molar-refractivity contribution in [2.24, 2.45) is 5.92 Å². The Morgan fingerprint density at radius 1 is 1.70 bits per heavy atom. The van der Waals surface area contributed by atoms with Gasteiger partial charge in [-0.15, -0.1) is 0 Å². The lowest BCUT2D eigenvalue weighted by Gasteiger charge is -2.28. The molecule has 0 aromatic carbocycles. The molecule has 0 spiro atoms. The van der Waals surface area contributed by atoms with E-state index in [4.69, 9.17) is 3.07 Å². The number of piperidine rings is 1. The highest BCUT2D eigenvalue weighted by atomic mass is 127. The second-order valence-electron chi connectivity index (χ2n) is 3.05. The summed E-state index contributed by atoms with van der Waals surface area (Å²) in [5.74, 6) is 0.774. The van der Waals surface area contributed by atoms with Gasteiger partial charge in [-0.25, -0.2) is 0 Å². The number of rotatable bonds is 2. The molecule has 1 saturated heterocycles. The molecule has 2 nitrogen and oxygen atoms in total. The molecule has 1 atom stereocenters. The van der Waals surface area contributed by atoms with Crippen LogP contribution >= 0.6 is 23.0 Å². The molecule has 0 saturated carbocycles. The molecule has 1 fully saturated rings. The van der Waals surface area contributed by atoms with Crippen LogP contribution in [0.3, 0.4) is 0 Å². The lowest BCUT2D eigenvalue weighted by molar-refractivity contribution is 0.172. The van der Waals surface area contributed by atoms with Gasteiger partial charge in [-0.2, -0.15) is 0 Å². The van der Waals surface area contributed by atoms with Crippen LogP contribution in [0.5, 0.6) is 0 Å². The molecular weight excluding hydrogens is 241 g/mol. The molecule has 0 aliphatic carbocycles. The maximum Gasteiger partial charge on any atom is 0.109 e. The van der Waals surface area contributed by atoms with Gasteiger partial charge in [-0.3, -0.25) is 0 Å². The number of hydrogen-bond acceptors (Lipinski definition) is 2. The Balaban J connectivity index is 2.18. The standard InChI is InChI=1S/C7H14INO/c1-9-4-2-3-7(5-9)6-10-8/h7H,2-6H2,1H3. The van der Waals surface area contributed by atoms with Gasteiger partial charge in [-0.05, 0) is 32.4 Å². The average Bonchev–Trinajstić information content (AvgIpc) is 1.88. The van der Waals surface area contributed by atoms with Crippen molar-refractivity contribution in [1.82, 2.24) is 4.90 Å². The van der Waals surface area contributed by atoms with Crippen LogP contribution in [0.15, 0.2) is 0 Å². The van der Waals surface area contributed by atoms with Crippen LogP contribution < -0.4 is 0 Å². The van der Waals surface area contributed by atoms with E-state index >= 15 is 0 Å². The smallest absolute Gasteiger partial charge is 0.109 e. The molecule has 1 aliphatic heterocycles. The molecule has 0 aromatic rings. The average molecular weight is 255 g/mol. The van der Waals surface area contributed by atoms with E-state index in [2.05, 4.69) is 11.9 Å². The summed E-state index contributed by atoms with van der Waals surface area (Å²) in [6.45, 7) is 3.39. The van der Waals surface area contributed by atoms with Crippen molar-refractivity contribution in [1.29, 1.82) is 0 Å². The predicted octanol–water partition coefficient (Wildman–Crippen LogP) is 1.69. The van der Waals surface area contributed by atoms with E-state index in [0.29, 0.717) is 0 Å². The van der Waals surface area contributed by atoms with E-state index in [1.54, 1.807) is 0 Å². The highest BCUT2D eigenvalue weighted by Crippen LogP contribution is 2.15. The Morgan fingerprint density at radius 2 is 2.50 bits per heavy atom. The minimum absolute atomic E-state index is 0.774. The molecule has 0 N–H and O–H groups in total. The molecule has 1 unspecified atom stereocenters. The van der Waals surface area contributed by atoms with Gasteiger partial charge in [0.1, 0.15) is 23.0 Å². The van der Waals surface area contributed by atoms with Gasteiger partial charge in [0.05, 0.1) is 6.61 Å². The van der Waals surface area contributed by atoms with Crippen molar-refractivity contribution in [2.75, 3.05) is 26.7 Å². The molecule has 0 radical (unpaired) electrons. The first-order valence-corrected chi connectivity index (χ1v) is 4.63. The highest BCUT2D eigenvalue weighted by Gasteiger charge is 2.16.